The number of hydrogen-bond donors (Lipinski definition) is 2. The highest BCUT2D eigenvalue weighted by Crippen LogP contribution is 2.25. The molecule has 0 aromatic heterocycles. The molecule has 0 amide bonds. The van der Waals surface area contributed by atoms with E-state index in [0.717, 1.165) is 6.07 Å². The van der Waals surface area contributed by atoms with Crippen molar-refractivity contribution < 1.29 is 19.0 Å². The van der Waals surface area contributed by atoms with Gasteiger partial charge < -0.3 is 15.2 Å². The third kappa shape index (κ3) is 4.22. The second kappa shape index (κ2) is 6.05. The van der Waals surface area contributed by atoms with E-state index in [4.69, 9.17) is 9.84 Å². The van der Waals surface area contributed by atoms with Crippen molar-refractivity contribution >= 4 is 17.3 Å². The van der Waals surface area contributed by atoms with Crippen molar-refractivity contribution in [2.24, 2.45) is 0 Å². The third-order valence-corrected chi connectivity index (χ3v) is 2.77. The van der Waals surface area contributed by atoms with Gasteiger partial charge in [-0.3, -0.25) is 0 Å². The molecule has 0 heterocycles. The summed E-state index contributed by atoms with van der Waals surface area (Å²) in [5.74, 6) is -0.908. The van der Waals surface area contributed by atoms with Crippen molar-refractivity contribution in [3.8, 4) is 5.75 Å². The Kier molecular flexibility index (Phi) is 4.35. The van der Waals surface area contributed by atoms with Crippen LogP contribution < -0.4 is 10.1 Å². The Morgan fingerprint density at radius 1 is 1.14 bits per heavy atom. The minimum absolute atomic E-state index is 0.0246. The molecule has 2 aromatic rings. The molecule has 5 heteroatoms. The molecule has 4 nitrogen and oxygen atoms in total. The standard InChI is InChI=1S/C17H18FNO3/c1-17(2,3)22-13-7-5-12(6-8-13)19-15-10-11(16(20)21)4-9-14(15)18/h4-10,19H,1-3H3,(H,20,21). The Hall–Kier alpha value is -2.56. The number of aromatic carboxylic acids is 1. The first kappa shape index (κ1) is 15.8. The molecule has 0 saturated heterocycles. The maximum atomic E-state index is 13.7. The first-order valence-electron chi connectivity index (χ1n) is 6.83. The summed E-state index contributed by atoms with van der Waals surface area (Å²) in [5, 5.41) is 11.8. The molecule has 22 heavy (non-hydrogen) atoms. The van der Waals surface area contributed by atoms with Crippen LogP contribution >= 0.6 is 0 Å². The minimum Gasteiger partial charge on any atom is -0.488 e. The summed E-state index contributed by atoms with van der Waals surface area (Å²) < 4.78 is 19.4. The van der Waals surface area contributed by atoms with Gasteiger partial charge >= 0.3 is 5.97 Å². The molecule has 0 aliphatic carbocycles. The van der Waals surface area contributed by atoms with E-state index in [0.29, 0.717) is 11.4 Å². The highest BCUT2D eigenvalue weighted by molar-refractivity contribution is 5.89. The summed E-state index contributed by atoms with van der Waals surface area (Å²) in [5.41, 5.74) is 0.486. The number of ether oxygens (including phenoxy) is 1. The number of benzene rings is 2. The predicted octanol–water partition coefficient (Wildman–Crippen LogP) is 4.44. The van der Waals surface area contributed by atoms with Crippen molar-refractivity contribution in [2.45, 2.75) is 26.4 Å². The smallest absolute Gasteiger partial charge is 0.335 e. The van der Waals surface area contributed by atoms with E-state index >= 15 is 0 Å². The van der Waals surface area contributed by atoms with Gasteiger partial charge in [-0.25, -0.2) is 9.18 Å². The van der Waals surface area contributed by atoms with Gasteiger partial charge in [0, 0.05) is 5.69 Å². The average molecular weight is 303 g/mol. The van der Waals surface area contributed by atoms with Crippen molar-refractivity contribution in [3.05, 3.63) is 53.8 Å². The fourth-order valence-electron chi connectivity index (χ4n) is 1.87. The molecule has 0 atom stereocenters. The van der Waals surface area contributed by atoms with Gasteiger partial charge in [0.1, 0.15) is 17.2 Å². The quantitative estimate of drug-likeness (QED) is 0.876. The van der Waals surface area contributed by atoms with Gasteiger partial charge in [0.15, 0.2) is 0 Å². The third-order valence-electron chi connectivity index (χ3n) is 2.77. The van der Waals surface area contributed by atoms with E-state index in [1.165, 1.54) is 12.1 Å². The minimum atomic E-state index is -1.10. The van der Waals surface area contributed by atoms with Crippen LogP contribution in [-0.2, 0) is 0 Å². The number of hydrogen-bond acceptors (Lipinski definition) is 3. The molecule has 2 rings (SSSR count). The van der Waals surface area contributed by atoms with Crippen molar-refractivity contribution in [2.75, 3.05) is 5.32 Å². The molecule has 0 aliphatic rings. The fraction of sp³-hybridized carbons (Fsp3) is 0.235. The van der Waals surface area contributed by atoms with E-state index in [1.807, 2.05) is 20.8 Å². The summed E-state index contributed by atoms with van der Waals surface area (Å²) >= 11 is 0. The van der Waals surface area contributed by atoms with Crippen LogP contribution in [0.3, 0.4) is 0 Å². The number of nitrogens with one attached hydrogen (secondary N) is 1. The van der Waals surface area contributed by atoms with E-state index in [2.05, 4.69) is 5.32 Å². The van der Waals surface area contributed by atoms with Crippen LogP contribution in [0.15, 0.2) is 42.5 Å². The molecule has 0 aliphatic heterocycles. The number of halogens is 1. The Bertz CT molecular complexity index is 675. The van der Waals surface area contributed by atoms with Crippen molar-refractivity contribution in [3.63, 3.8) is 0 Å². The highest BCUT2D eigenvalue weighted by Gasteiger charge is 2.12. The summed E-state index contributed by atoms with van der Waals surface area (Å²) in [6.07, 6.45) is 0. The van der Waals surface area contributed by atoms with Gasteiger partial charge in [0.05, 0.1) is 11.3 Å². The second-order valence-corrected chi connectivity index (χ2v) is 5.86. The van der Waals surface area contributed by atoms with E-state index < -0.39 is 11.8 Å². The lowest BCUT2D eigenvalue weighted by molar-refractivity contribution is 0.0697. The maximum Gasteiger partial charge on any atom is 0.335 e. The summed E-state index contributed by atoms with van der Waals surface area (Å²) in [6.45, 7) is 5.85. The van der Waals surface area contributed by atoms with Crippen LogP contribution in [0.2, 0.25) is 0 Å². The average Bonchev–Trinajstić information content (AvgIpc) is 2.41. The Labute approximate surface area is 128 Å². The number of carboxylic acid groups (broad SMARTS) is 1. The van der Waals surface area contributed by atoms with Crippen LogP contribution in [0.5, 0.6) is 5.75 Å². The topological polar surface area (TPSA) is 58.6 Å². The van der Waals surface area contributed by atoms with Crippen LogP contribution in [0.25, 0.3) is 0 Å². The largest absolute Gasteiger partial charge is 0.488 e. The molecular formula is C17H18FNO3. The monoisotopic (exact) mass is 303 g/mol. The lowest BCUT2D eigenvalue weighted by atomic mass is 10.1. The molecule has 2 N–H and O–H groups in total. The molecule has 0 spiro atoms. The zero-order valence-corrected chi connectivity index (χ0v) is 12.7. The summed E-state index contributed by atoms with van der Waals surface area (Å²) in [7, 11) is 0. The number of carbonyl (C=O) groups is 1. The molecule has 0 fully saturated rings. The Balaban J connectivity index is 2.17. The summed E-state index contributed by atoms with van der Waals surface area (Å²) in [6, 6.07) is 10.6. The van der Waals surface area contributed by atoms with Crippen LogP contribution in [0.4, 0.5) is 15.8 Å². The molecule has 0 unspecified atom stereocenters. The number of anilines is 2. The second-order valence-electron chi connectivity index (χ2n) is 5.86. The molecular weight excluding hydrogens is 285 g/mol. The zero-order valence-electron chi connectivity index (χ0n) is 12.7. The van der Waals surface area contributed by atoms with Gasteiger partial charge in [-0.2, -0.15) is 0 Å². The molecule has 0 bridgehead atoms. The van der Waals surface area contributed by atoms with Gasteiger partial charge in [-0.15, -0.1) is 0 Å². The highest BCUT2D eigenvalue weighted by atomic mass is 19.1. The molecule has 0 saturated carbocycles. The first-order valence-corrected chi connectivity index (χ1v) is 6.83. The van der Waals surface area contributed by atoms with Crippen LogP contribution in [-0.4, -0.2) is 16.7 Å². The zero-order chi connectivity index (χ0) is 16.3. The SMILES string of the molecule is CC(C)(C)Oc1ccc(Nc2cc(C(=O)O)ccc2F)cc1. The van der Waals surface area contributed by atoms with Gasteiger partial charge in [0.25, 0.3) is 0 Å². The lowest BCUT2D eigenvalue weighted by Gasteiger charge is -2.21. The number of carboxylic acids is 1. The maximum absolute atomic E-state index is 13.7. The van der Waals surface area contributed by atoms with Crippen LogP contribution in [0.1, 0.15) is 31.1 Å². The van der Waals surface area contributed by atoms with E-state index in [9.17, 15) is 9.18 Å². The van der Waals surface area contributed by atoms with Gasteiger partial charge in [-0.1, -0.05) is 0 Å². The van der Waals surface area contributed by atoms with Gasteiger partial charge in [0.2, 0.25) is 0 Å². The fourth-order valence-corrected chi connectivity index (χ4v) is 1.87. The molecule has 0 radical (unpaired) electrons. The van der Waals surface area contributed by atoms with Crippen molar-refractivity contribution in [1.82, 2.24) is 0 Å². The molecule has 2 aromatic carbocycles. The first-order chi connectivity index (χ1) is 10.2. The number of rotatable bonds is 4. The lowest BCUT2D eigenvalue weighted by Crippen LogP contribution is -2.22. The Morgan fingerprint density at radius 3 is 2.32 bits per heavy atom. The van der Waals surface area contributed by atoms with E-state index in [1.54, 1.807) is 24.3 Å². The van der Waals surface area contributed by atoms with Gasteiger partial charge in [-0.05, 0) is 63.2 Å². The predicted molar refractivity (Wildman–Crippen MR) is 83.5 cm³/mol. The van der Waals surface area contributed by atoms with Crippen molar-refractivity contribution in [1.29, 1.82) is 0 Å². The van der Waals surface area contributed by atoms with E-state index in [-0.39, 0.29) is 16.9 Å². The molecule has 116 valence electrons. The van der Waals surface area contributed by atoms with Crippen LogP contribution in [0, 0.1) is 5.82 Å². The Morgan fingerprint density at radius 2 is 1.77 bits per heavy atom. The summed E-state index contributed by atoms with van der Waals surface area (Å²) in [4.78, 5) is 10.9. The normalized spacial score (nSPS) is 11.1.